The summed E-state index contributed by atoms with van der Waals surface area (Å²) in [6.45, 7) is 0.699. The average Bonchev–Trinajstić information content (AvgIpc) is 3.25. The molecule has 112 valence electrons. The molecule has 2 aliphatic heterocycles. The molecule has 0 saturated carbocycles. The van der Waals surface area contributed by atoms with E-state index < -0.39 is 0 Å². The van der Waals surface area contributed by atoms with Crippen molar-refractivity contribution >= 4 is 17.5 Å². The van der Waals surface area contributed by atoms with E-state index in [-0.39, 0.29) is 17.9 Å². The van der Waals surface area contributed by atoms with Crippen LogP contribution in [0.4, 0.5) is 0 Å². The Balaban J connectivity index is 1.62. The Bertz CT molecular complexity index is 723. The van der Waals surface area contributed by atoms with E-state index in [1.807, 2.05) is 24.3 Å². The van der Waals surface area contributed by atoms with Crippen molar-refractivity contribution in [2.75, 3.05) is 0 Å². The first-order valence-electron chi connectivity index (χ1n) is 7.26. The van der Waals surface area contributed by atoms with Crippen LogP contribution >= 0.6 is 11.8 Å². The van der Waals surface area contributed by atoms with E-state index in [0.29, 0.717) is 5.76 Å². The van der Waals surface area contributed by atoms with Gasteiger partial charge in [-0.05, 0) is 23.1 Å². The van der Waals surface area contributed by atoms with Crippen LogP contribution in [0, 0.1) is 0 Å². The molecule has 1 N–H and O–H groups in total. The fourth-order valence-corrected chi connectivity index (χ4v) is 3.94. The highest BCUT2D eigenvalue weighted by atomic mass is 32.2. The highest BCUT2D eigenvalue weighted by molar-refractivity contribution is 8.03. The van der Waals surface area contributed by atoms with Gasteiger partial charge in [-0.2, -0.15) is 5.10 Å². The molecular formula is C17H16N2O2S. The third-order valence-electron chi connectivity index (χ3n) is 3.92. The van der Waals surface area contributed by atoms with Crippen molar-refractivity contribution in [3.05, 3.63) is 71.0 Å². The number of hydrazone groups is 1. The zero-order chi connectivity index (χ0) is 14.9. The lowest BCUT2D eigenvalue weighted by atomic mass is 10.1. The number of benzene rings is 1. The van der Waals surface area contributed by atoms with E-state index in [1.165, 1.54) is 5.56 Å². The van der Waals surface area contributed by atoms with Crippen LogP contribution in [-0.2, 0) is 13.2 Å². The fourth-order valence-electron chi connectivity index (χ4n) is 2.84. The van der Waals surface area contributed by atoms with Gasteiger partial charge in [-0.3, -0.25) is 5.01 Å². The topological polar surface area (TPSA) is 49.0 Å². The maximum Gasteiger partial charge on any atom is 0.151 e. The van der Waals surface area contributed by atoms with Gasteiger partial charge in [-0.25, -0.2) is 0 Å². The van der Waals surface area contributed by atoms with Crippen LogP contribution in [0.3, 0.4) is 0 Å². The van der Waals surface area contributed by atoms with Crippen LogP contribution in [0.15, 0.2) is 63.5 Å². The quantitative estimate of drug-likeness (QED) is 0.943. The standard InChI is InChI=1S/C17H16N2O2S/c20-11-13-6-7-15(21-13)16-17-14(8-9-22-17)19(18-16)10-12-4-2-1-3-5-12/h1-9,14,17,20H,10-11H2. The molecule has 1 aromatic heterocycles. The number of aliphatic hydroxyl groups excluding tert-OH is 1. The van der Waals surface area contributed by atoms with E-state index in [4.69, 9.17) is 14.6 Å². The second kappa shape index (κ2) is 5.66. The summed E-state index contributed by atoms with van der Waals surface area (Å²) in [6, 6.07) is 14.3. The normalized spacial score (nSPS) is 23.0. The largest absolute Gasteiger partial charge is 0.457 e. The molecule has 2 atom stereocenters. The zero-order valence-electron chi connectivity index (χ0n) is 11.9. The second-order valence-electron chi connectivity index (χ2n) is 5.37. The highest BCUT2D eigenvalue weighted by Gasteiger charge is 2.40. The molecule has 0 amide bonds. The average molecular weight is 312 g/mol. The van der Waals surface area contributed by atoms with Gasteiger partial charge in [0, 0.05) is 0 Å². The van der Waals surface area contributed by atoms with Crippen molar-refractivity contribution < 1.29 is 9.52 Å². The summed E-state index contributed by atoms with van der Waals surface area (Å²) in [5.41, 5.74) is 2.20. The maximum atomic E-state index is 9.17. The summed E-state index contributed by atoms with van der Waals surface area (Å²) in [6.07, 6.45) is 2.20. The summed E-state index contributed by atoms with van der Waals surface area (Å²) >= 11 is 1.77. The molecule has 0 saturated heterocycles. The Kier molecular flexibility index (Phi) is 3.52. The first-order chi connectivity index (χ1) is 10.8. The molecule has 2 aliphatic rings. The van der Waals surface area contributed by atoms with E-state index in [1.54, 1.807) is 17.8 Å². The second-order valence-corrected chi connectivity index (χ2v) is 6.42. The van der Waals surface area contributed by atoms with Gasteiger partial charge in [0.2, 0.25) is 0 Å². The highest BCUT2D eigenvalue weighted by Crippen LogP contribution is 2.37. The molecule has 4 nitrogen and oxygen atoms in total. The predicted molar refractivity (Wildman–Crippen MR) is 87.5 cm³/mol. The number of nitrogens with zero attached hydrogens (tertiary/aromatic N) is 2. The van der Waals surface area contributed by atoms with Crippen LogP contribution < -0.4 is 0 Å². The molecular weight excluding hydrogens is 296 g/mol. The van der Waals surface area contributed by atoms with E-state index >= 15 is 0 Å². The van der Waals surface area contributed by atoms with Crippen molar-refractivity contribution in [1.29, 1.82) is 0 Å². The molecule has 0 radical (unpaired) electrons. The first kappa shape index (κ1) is 13.7. The predicted octanol–water partition coefficient (Wildman–Crippen LogP) is 2.99. The van der Waals surface area contributed by atoms with Gasteiger partial charge in [-0.1, -0.05) is 36.4 Å². The number of thioether (sulfide) groups is 1. The van der Waals surface area contributed by atoms with Crippen LogP contribution in [0.25, 0.3) is 0 Å². The fraction of sp³-hybridized carbons (Fsp3) is 0.235. The summed E-state index contributed by atoms with van der Waals surface area (Å²) in [7, 11) is 0. The SMILES string of the molecule is OCc1ccc(C2=NN(Cc3ccccc3)C3C=CSC23)o1. The minimum absolute atomic E-state index is 0.0828. The van der Waals surface area contributed by atoms with Gasteiger partial charge < -0.3 is 9.52 Å². The van der Waals surface area contributed by atoms with E-state index in [0.717, 1.165) is 18.0 Å². The minimum atomic E-state index is -0.0828. The number of aliphatic hydroxyl groups is 1. The number of furan rings is 1. The van der Waals surface area contributed by atoms with Crippen LogP contribution in [0.5, 0.6) is 0 Å². The van der Waals surface area contributed by atoms with Crippen LogP contribution in [0.1, 0.15) is 17.1 Å². The first-order valence-corrected chi connectivity index (χ1v) is 8.20. The van der Waals surface area contributed by atoms with Gasteiger partial charge in [0.05, 0.1) is 17.8 Å². The molecule has 0 bridgehead atoms. The lowest BCUT2D eigenvalue weighted by molar-refractivity contribution is 0.246. The third-order valence-corrected chi connectivity index (χ3v) is 5.03. The van der Waals surface area contributed by atoms with Gasteiger partial charge in [0.15, 0.2) is 5.76 Å². The molecule has 0 spiro atoms. The molecule has 0 aliphatic carbocycles. The van der Waals surface area contributed by atoms with Crippen molar-refractivity contribution in [3.63, 3.8) is 0 Å². The van der Waals surface area contributed by atoms with Gasteiger partial charge in [-0.15, -0.1) is 11.8 Å². The lowest BCUT2D eigenvalue weighted by Gasteiger charge is -2.21. The molecule has 3 heterocycles. The number of fused-ring (bicyclic) bond motifs is 1. The third kappa shape index (κ3) is 2.36. The molecule has 1 aromatic carbocycles. The molecule has 5 heteroatoms. The summed E-state index contributed by atoms with van der Waals surface area (Å²) in [4.78, 5) is 0. The van der Waals surface area contributed by atoms with Crippen molar-refractivity contribution in [1.82, 2.24) is 5.01 Å². The van der Waals surface area contributed by atoms with Crippen LogP contribution in [-0.4, -0.2) is 27.1 Å². The van der Waals surface area contributed by atoms with Gasteiger partial charge >= 0.3 is 0 Å². The zero-order valence-corrected chi connectivity index (χ0v) is 12.7. The Labute approximate surface area is 133 Å². The smallest absolute Gasteiger partial charge is 0.151 e. The Hall–Kier alpha value is -1.98. The minimum Gasteiger partial charge on any atom is -0.457 e. The molecule has 0 fully saturated rings. The number of rotatable bonds is 4. The van der Waals surface area contributed by atoms with Crippen molar-refractivity contribution in [2.24, 2.45) is 5.10 Å². The van der Waals surface area contributed by atoms with Crippen molar-refractivity contribution in [2.45, 2.75) is 24.4 Å². The molecule has 2 unspecified atom stereocenters. The Morgan fingerprint density at radius 2 is 2.05 bits per heavy atom. The molecule has 4 rings (SSSR count). The Morgan fingerprint density at radius 3 is 2.82 bits per heavy atom. The van der Waals surface area contributed by atoms with Gasteiger partial charge in [0.1, 0.15) is 18.1 Å². The summed E-state index contributed by atoms with van der Waals surface area (Å²) < 4.78 is 5.67. The summed E-state index contributed by atoms with van der Waals surface area (Å²) in [5, 5.41) is 18.5. The van der Waals surface area contributed by atoms with E-state index in [9.17, 15) is 0 Å². The maximum absolute atomic E-state index is 9.17. The number of hydrogen-bond acceptors (Lipinski definition) is 5. The van der Waals surface area contributed by atoms with Gasteiger partial charge in [0.25, 0.3) is 0 Å². The van der Waals surface area contributed by atoms with Crippen LogP contribution in [0.2, 0.25) is 0 Å². The number of hydrogen-bond donors (Lipinski definition) is 1. The lowest BCUT2D eigenvalue weighted by Crippen LogP contribution is -2.30. The van der Waals surface area contributed by atoms with E-state index in [2.05, 4.69) is 28.6 Å². The summed E-state index contributed by atoms with van der Waals surface area (Å²) in [5.74, 6) is 1.33. The monoisotopic (exact) mass is 312 g/mol. The molecule has 22 heavy (non-hydrogen) atoms. The molecule has 2 aromatic rings. The Morgan fingerprint density at radius 1 is 1.18 bits per heavy atom. The van der Waals surface area contributed by atoms with Crippen molar-refractivity contribution in [3.8, 4) is 0 Å².